The zero-order valence-corrected chi connectivity index (χ0v) is 9.10. The number of hydrogen-bond acceptors (Lipinski definition) is 3. The van der Waals surface area contributed by atoms with Gasteiger partial charge in [0.1, 0.15) is 0 Å². The average Bonchev–Trinajstić information content (AvgIpc) is 2.04. The van der Waals surface area contributed by atoms with Crippen LogP contribution in [0, 0.1) is 11.3 Å². The minimum Gasteiger partial charge on any atom is -0.381 e. The molecule has 14 heavy (non-hydrogen) atoms. The van der Waals surface area contributed by atoms with Gasteiger partial charge in [0.15, 0.2) is 11.6 Å². The SMILES string of the molecule is CC1CC(CC(=O)C(=N)N)CCO1.Cl. The van der Waals surface area contributed by atoms with Gasteiger partial charge < -0.3 is 10.5 Å². The molecule has 0 aromatic heterocycles. The number of ketones is 1. The second kappa shape index (κ2) is 5.98. The molecule has 0 radical (unpaired) electrons. The molecule has 1 heterocycles. The monoisotopic (exact) mass is 220 g/mol. The lowest BCUT2D eigenvalue weighted by atomic mass is 9.91. The van der Waals surface area contributed by atoms with Crippen molar-refractivity contribution in [3.63, 3.8) is 0 Å². The Labute approximate surface area is 90.1 Å². The van der Waals surface area contributed by atoms with Crippen LogP contribution >= 0.6 is 12.4 Å². The maximum absolute atomic E-state index is 11.1. The summed E-state index contributed by atoms with van der Waals surface area (Å²) in [5.74, 6) is -0.210. The van der Waals surface area contributed by atoms with Gasteiger partial charge in [0.2, 0.25) is 0 Å². The summed E-state index contributed by atoms with van der Waals surface area (Å²) in [5, 5.41) is 6.97. The molecule has 0 saturated carbocycles. The number of nitrogens with one attached hydrogen (secondary N) is 1. The third-order valence-electron chi connectivity index (χ3n) is 2.37. The number of carbonyl (C=O) groups excluding carboxylic acids is 1. The first-order valence-electron chi connectivity index (χ1n) is 4.58. The van der Waals surface area contributed by atoms with Crippen LogP contribution in [0.4, 0.5) is 0 Å². The Kier molecular flexibility index (Phi) is 5.72. The summed E-state index contributed by atoms with van der Waals surface area (Å²) >= 11 is 0. The summed E-state index contributed by atoms with van der Waals surface area (Å²) in [4.78, 5) is 11.1. The molecule has 1 saturated heterocycles. The molecule has 2 atom stereocenters. The van der Waals surface area contributed by atoms with E-state index in [1.165, 1.54) is 0 Å². The normalized spacial score (nSPS) is 26.4. The minimum atomic E-state index is -0.320. The van der Waals surface area contributed by atoms with Crippen LogP contribution < -0.4 is 5.73 Å². The van der Waals surface area contributed by atoms with E-state index in [1.54, 1.807) is 0 Å². The van der Waals surface area contributed by atoms with E-state index < -0.39 is 0 Å². The van der Waals surface area contributed by atoms with E-state index in [9.17, 15) is 4.79 Å². The van der Waals surface area contributed by atoms with Crippen LogP contribution in [0.1, 0.15) is 26.2 Å². The molecule has 0 aromatic carbocycles. The Bertz CT molecular complexity index is 221. The lowest BCUT2D eigenvalue weighted by molar-refractivity contribution is -0.115. The number of amidine groups is 1. The van der Waals surface area contributed by atoms with Crippen LogP contribution in [-0.2, 0) is 9.53 Å². The van der Waals surface area contributed by atoms with E-state index in [1.807, 2.05) is 6.92 Å². The van der Waals surface area contributed by atoms with Crippen LogP contribution in [0.15, 0.2) is 0 Å². The lowest BCUT2D eigenvalue weighted by Crippen LogP contribution is -2.29. The van der Waals surface area contributed by atoms with Crippen molar-refractivity contribution in [2.24, 2.45) is 11.7 Å². The molecule has 1 aliphatic heterocycles. The fraction of sp³-hybridized carbons (Fsp3) is 0.778. The minimum absolute atomic E-state index is 0. The Morgan fingerprint density at radius 1 is 1.64 bits per heavy atom. The molecule has 0 aromatic rings. The van der Waals surface area contributed by atoms with Gasteiger partial charge in [-0.2, -0.15) is 0 Å². The second-order valence-electron chi connectivity index (χ2n) is 3.61. The van der Waals surface area contributed by atoms with Crippen molar-refractivity contribution in [3.05, 3.63) is 0 Å². The molecule has 3 N–H and O–H groups in total. The fourth-order valence-electron chi connectivity index (χ4n) is 1.65. The first kappa shape index (κ1) is 13.4. The average molecular weight is 221 g/mol. The second-order valence-corrected chi connectivity index (χ2v) is 3.61. The highest BCUT2D eigenvalue weighted by molar-refractivity contribution is 6.36. The van der Waals surface area contributed by atoms with Crippen LogP contribution in [-0.4, -0.2) is 24.3 Å². The zero-order valence-electron chi connectivity index (χ0n) is 8.29. The first-order valence-corrected chi connectivity index (χ1v) is 4.58. The van der Waals surface area contributed by atoms with Crippen molar-refractivity contribution in [1.29, 1.82) is 5.41 Å². The van der Waals surface area contributed by atoms with Gasteiger partial charge in [-0.3, -0.25) is 10.2 Å². The van der Waals surface area contributed by atoms with E-state index in [-0.39, 0.29) is 30.1 Å². The van der Waals surface area contributed by atoms with E-state index >= 15 is 0 Å². The number of rotatable bonds is 3. The number of hydrogen-bond donors (Lipinski definition) is 2. The van der Waals surface area contributed by atoms with Gasteiger partial charge in [-0.05, 0) is 25.7 Å². The predicted octanol–water partition coefficient (Wildman–Crippen LogP) is 1.12. The fourth-order valence-corrected chi connectivity index (χ4v) is 1.65. The molecule has 1 aliphatic rings. The van der Waals surface area contributed by atoms with Gasteiger partial charge in [0.05, 0.1) is 6.10 Å². The van der Waals surface area contributed by atoms with Crippen LogP contribution in [0.3, 0.4) is 0 Å². The number of halogens is 1. The van der Waals surface area contributed by atoms with Crippen molar-refractivity contribution in [1.82, 2.24) is 0 Å². The van der Waals surface area contributed by atoms with Gasteiger partial charge in [-0.15, -0.1) is 12.4 Å². The Hall–Kier alpha value is -0.610. The third-order valence-corrected chi connectivity index (χ3v) is 2.37. The predicted molar refractivity (Wildman–Crippen MR) is 56.9 cm³/mol. The Morgan fingerprint density at radius 3 is 2.79 bits per heavy atom. The van der Waals surface area contributed by atoms with Gasteiger partial charge in [0, 0.05) is 13.0 Å². The molecular formula is C9H17ClN2O2. The highest BCUT2D eigenvalue weighted by Gasteiger charge is 2.22. The van der Waals surface area contributed by atoms with E-state index in [0.29, 0.717) is 12.3 Å². The van der Waals surface area contributed by atoms with Crippen molar-refractivity contribution >= 4 is 24.0 Å². The summed E-state index contributed by atoms with van der Waals surface area (Å²) in [6, 6.07) is 0. The largest absolute Gasteiger partial charge is 0.381 e. The number of Topliss-reactive ketones (excluding diaryl/α,β-unsaturated/α-hetero) is 1. The van der Waals surface area contributed by atoms with Crippen molar-refractivity contribution in [2.45, 2.75) is 32.3 Å². The smallest absolute Gasteiger partial charge is 0.197 e. The Morgan fingerprint density at radius 2 is 2.29 bits per heavy atom. The summed E-state index contributed by atoms with van der Waals surface area (Å²) in [6.45, 7) is 2.72. The number of carbonyl (C=O) groups is 1. The summed E-state index contributed by atoms with van der Waals surface area (Å²) < 4.78 is 5.35. The van der Waals surface area contributed by atoms with Crippen molar-refractivity contribution in [3.8, 4) is 0 Å². The molecule has 0 bridgehead atoms. The van der Waals surface area contributed by atoms with Crippen LogP contribution in [0.2, 0.25) is 0 Å². The summed E-state index contributed by atoms with van der Waals surface area (Å²) in [5.41, 5.74) is 5.09. The van der Waals surface area contributed by atoms with E-state index in [4.69, 9.17) is 15.9 Å². The summed E-state index contributed by atoms with van der Waals surface area (Å²) in [7, 11) is 0. The zero-order chi connectivity index (χ0) is 9.84. The molecule has 2 unspecified atom stereocenters. The van der Waals surface area contributed by atoms with Crippen molar-refractivity contribution < 1.29 is 9.53 Å². The number of ether oxygens (including phenoxy) is 1. The standard InChI is InChI=1S/C9H16N2O2.ClH/c1-6-4-7(2-3-13-6)5-8(12)9(10)11;/h6-7H,2-5H2,1H3,(H3,10,11);1H. The third kappa shape index (κ3) is 4.07. The Balaban J connectivity index is 0.00000169. The summed E-state index contributed by atoms with van der Waals surface area (Å²) in [6.07, 6.45) is 2.45. The quantitative estimate of drug-likeness (QED) is 0.553. The van der Waals surface area contributed by atoms with Gasteiger partial charge >= 0.3 is 0 Å². The molecule has 82 valence electrons. The van der Waals surface area contributed by atoms with Crippen LogP contribution in [0.25, 0.3) is 0 Å². The van der Waals surface area contributed by atoms with E-state index in [2.05, 4.69) is 0 Å². The van der Waals surface area contributed by atoms with Gasteiger partial charge in [0.25, 0.3) is 0 Å². The molecule has 4 nitrogen and oxygen atoms in total. The van der Waals surface area contributed by atoms with E-state index in [0.717, 1.165) is 19.4 Å². The molecule has 1 fully saturated rings. The molecule has 5 heteroatoms. The highest BCUT2D eigenvalue weighted by atomic mass is 35.5. The molecule has 1 rings (SSSR count). The van der Waals surface area contributed by atoms with Gasteiger partial charge in [-0.1, -0.05) is 0 Å². The molecule has 0 aliphatic carbocycles. The lowest BCUT2D eigenvalue weighted by Gasteiger charge is -2.26. The maximum Gasteiger partial charge on any atom is 0.197 e. The number of nitrogens with two attached hydrogens (primary N) is 1. The molecule has 0 amide bonds. The highest BCUT2D eigenvalue weighted by Crippen LogP contribution is 2.22. The topological polar surface area (TPSA) is 76.2 Å². The molecular weight excluding hydrogens is 204 g/mol. The van der Waals surface area contributed by atoms with Gasteiger partial charge in [-0.25, -0.2) is 0 Å². The van der Waals surface area contributed by atoms with Crippen molar-refractivity contribution in [2.75, 3.05) is 6.61 Å². The maximum atomic E-state index is 11.1. The first-order chi connectivity index (χ1) is 6.09. The molecule has 0 spiro atoms. The van der Waals surface area contributed by atoms with Crippen LogP contribution in [0.5, 0.6) is 0 Å².